The Kier molecular flexibility index (Phi) is 5.33. The minimum Gasteiger partial charge on any atom is -0.428 e. The highest BCUT2D eigenvalue weighted by atomic mass is 28.4. The molecule has 2 aromatic carbocycles. The molecule has 1 fully saturated rings. The van der Waals surface area contributed by atoms with Gasteiger partial charge in [0.2, 0.25) is 8.32 Å². The molecule has 0 unspecified atom stereocenters. The van der Waals surface area contributed by atoms with E-state index in [4.69, 9.17) is 5.73 Å². The van der Waals surface area contributed by atoms with Gasteiger partial charge in [-0.1, -0.05) is 36.4 Å². The zero-order valence-corrected chi connectivity index (χ0v) is 18.1. The van der Waals surface area contributed by atoms with Gasteiger partial charge in [0.25, 0.3) is 5.91 Å². The van der Waals surface area contributed by atoms with E-state index < -0.39 is 8.32 Å². The molecule has 0 atom stereocenters. The number of amides is 1. The smallest absolute Gasteiger partial charge is 0.256 e. The number of rotatable bonds is 4. The van der Waals surface area contributed by atoms with Gasteiger partial charge in [-0.2, -0.15) is 0 Å². The number of piperidine rings is 1. The molecule has 29 heavy (non-hydrogen) atoms. The molecule has 1 aliphatic rings. The number of nitrogens with one attached hydrogen (secondary N) is 1. The van der Waals surface area contributed by atoms with Gasteiger partial charge in [0.1, 0.15) is 0 Å². The third-order valence-electron chi connectivity index (χ3n) is 6.06. The zero-order chi connectivity index (χ0) is 20.6. The van der Waals surface area contributed by atoms with E-state index in [1.165, 1.54) is 5.56 Å². The third kappa shape index (κ3) is 4.01. The van der Waals surface area contributed by atoms with Gasteiger partial charge >= 0.3 is 0 Å². The molecule has 0 saturated carbocycles. The first-order chi connectivity index (χ1) is 13.9. The van der Waals surface area contributed by atoms with E-state index in [-0.39, 0.29) is 5.91 Å². The first kappa shape index (κ1) is 19.9. The molecule has 5 nitrogen and oxygen atoms in total. The van der Waals surface area contributed by atoms with Crippen LogP contribution >= 0.6 is 0 Å². The number of hydrogen-bond donors (Lipinski definition) is 3. The largest absolute Gasteiger partial charge is 0.428 e. The van der Waals surface area contributed by atoms with Crippen molar-refractivity contribution in [2.75, 3.05) is 13.1 Å². The number of nitrogens with zero attached hydrogens (tertiary/aromatic N) is 1. The number of carbonyl (C=O) groups is 1. The van der Waals surface area contributed by atoms with Gasteiger partial charge in [-0.15, -0.1) is 0 Å². The first-order valence-corrected chi connectivity index (χ1v) is 13.2. The fourth-order valence-corrected chi connectivity index (χ4v) is 5.23. The summed E-state index contributed by atoms with van der Waals surface area (Å²) >= 11 is 0. The van der Waals surface area contributed by atoms with Crippen LogP contribution in [0.3, 0.4) is 0 Å². The second-order valence-corrected chi connectivity index (χ2v) is 12.2. The number of hydrogen-bond acceptors (Lipinski definition) is 3. The Hall–Kier alpha value is -2.41. The summed E-state index contributed by atoms with van der Waals surface area (Å²) in [5.74, 6) is 0.543. The summed E-state index contributed by atoms with van der Waals surface area (Å²) in [5, 5.41) is 1.84. The van der Waals surface area contributed by atoms with Crippen LogP contribution < -0.4 is 10.9 Å². The van der Waals surface area contributed by atoms with Gasteiger partial charge in [0.05, 0.1) is 5.56 Å². The molecule has 0 bridgehead atoms. The van der Waals surface area contributed by atoms with Crippen LogP contribution in [-0.4, -0.2) is 42.0 Å². The van der Waals surface area contributed by atoms with Gasteiger partial charge in [-0.3, -0.25) is 4.79 Å². The van der Waals surface area contributed by atoms with Crippen LogP contribution in [0.15, 0.2) is 48.7 Å². The van der Waals surface area contributed by atoms with E-state index in [1.807, 2.05) is 36.2 Å². The van der Waals surface area contributed by atoms with Crippen molar-refractivity contribution in [2.24, 2.45) is 5.73 Å². The fourth-order valence-electron chi connectivity index (χ4n) is 4.24. The van der Waals surface area contributed by atoms with Gasteiger partial charge in [-0.25, -0.2) is 0 Å². The second kappa shape index (κ2) is 7.78. The van der Waals surface area contributed by atoms with Crippen LogP contribution in [0.1, 0.15) is 40.2 Å². The summed E-state index contributed by atoms with van der Waals surface area (Å²) in [6.45, 7) is 5.85. The average Bonchev–Trinajstić information content (AvgIpc) is 3.16. The molecule has 4 rings (SSSR count). The standard InChI is InChI=1S/C23H29N3O2Si/c1-29(2,28)19-6-7-22-20(13-19)21(15-25-22)23(27)26-10-8-17(9-11-26)18-5-3-4-16(12-18)14-24/h3-7,12-13,15,17,25,28H,8-11,14,24H2,1-2H3. The predicted molar refractivity (Wildman–Crippen MR) is 120 cm³/mol. The average molecular weight is 408 g/mol. The molecule has 152 valence electrons. The molecule has 4 N–H and O–H groups in total. The Bertz CT molecular complexity index is 1030. The zero-order valence-electron chi connectivity index (χ0n) is 17.1. The van der Waals surface area contributed by atoms with Gasteiger partial charge in [-0.05, 0) is 54.2 Å². The Morgan fingerprint density at radius 2 is 1.97 bits per heavy atom. The highest BCUT2D eigenvalue weighted by Gasteiger charge is 2.27. The van der Waals surface area contributed by atoms with Gasteiger partial charge in [0, 0.05) is 36.7 Å². The molecule has 1 saturated heterocycles. The maximum Gasteiger partial charge on any atom is 0.256 e. The van der Waals surface area contributed by atoms with Crippen LogP contribution in [0, 0.1) is 0 Å². The number of carbonyl (C=O) groups excluding carboxylic acids is 1. The summed E-state index contributed by atoms with van der Waals surface area (Å²) in [6.07, 6.45) is 3.73. The number of likely N-dealkylation sites (tertiary alicyclic amines) is 1. The van der Waals surface area contributed by atoms with Crippen molar-refractivity contribution in [3.8, 4) is 0 Å². The summed E-state index contributed by atoms with van der Waals surface area (Å²) in [4.78, 5) is 28.8. The molecular weight excluding hydrogens is 378 g/mol. The first-order valence-electron chi connectivity index (χ1n) is 10.3. The molecular formula is C23H29N3O2Si. The molecule has 3 aromatic rings. The normalized spacial score (nSPS) is 15.8. The minimum atomic E-state index is -2.42. The molecule has 1 aromatic heterocycles. The Balaban J connectivity index is 1.51. The van der Waals surface area contributed by atoms with Crippen LogP contribution in [0.2, 0.25) is 13.1 Å². The highest BCUT2D eigenvalue weighted by molar-refractivity contribution is 6.83. The quantitative estimate of drug-likeness (QED) is 0.581. The van der Waals surface area contributed by atoms with E-state index in [9.17, 15) is 9.59 Å². The lowest BCUT2D eigenvalue weighted by Crippen LogP contribution is -2.41. The minimum absolute atomic E-state index is 0.0694. The number of aromatic nitrogens is 1. The lowest BCUT2D eigenvalue weighted by Gasteiger charge is -2.32. The summed E-state index contributed by atoms with van der Waals surface area (Å²) in [6, 6.07) is 14.4. The van der Waals surface area contributed by atoms with E-state index in [1.54, 1.807) is 6.20 Å². The van der Waals surface area contributed by atoms with Crippen molar-refractivity contribution in [1.29, 1.82) is 0 Å². The Morgan fingerprint density at radius 1 is 1.21 bits per heavy atom. The van der Waals surface area contributed by atoms with Crippen LogP contribution in [-0.2, 0) is 6.54 Å². The van der Waals surface area contributed by atoms with Crippen molar-refractivity contribution < 1.29 is 9.59 Å². The van der Waals surface area contributed by atoms with E-state index in [2.05, 4.69) is 29.2 Å². The monoisotopic (exact) mass is 407 g/mol. The molecule has 2 heterocycles. The number of nitrogens with two attached hydrogens (primary N) is 1. The topological polar surface area (TPSA) is 82.3 Å². The van der Waals surface area contributed by atoms with E-state index >= 15 is 0 Å². The Labute approximate surface area is 172 Å². The summed E-state index contributed by atoms with van der Waals surface area (Å²) in [7, 11) is -2.42. The number of aromatic amines is 1. The maximum absolute atomic E-state index is 13.2. The molecule has 0 spiro atoms. The molecule has 0 aliphatic carbocycles. The van der Waals surface area contributed by atoms with Crippen LogP contribution in [0.25, 0.3) is 10.9 Å². The van der Waals surface area contributed by atoms with E-state index in [0.717, 1.165) is 47.6 Å². The Morgan fingerprint density at radius 3 is 2.66 bits per heavy atom. The highest BCUT2D eigenvalue weighted by Crippen LogP contribution is 2.30. The van der Waals surface area contributed by atoms with Crippen molar-refractivity contribution in [1.82, 2.24) is 9.88 Å². The second-order valence-electron chi connectivity index (χ2n) is 8.54. The van der Waals surface area contributed by atoms with Crippen molar-refractivity contribution >= 4 is 30.3 Å². The number of benzene rings is 2. The molecule has 1 aliphatic heterocycles. The lowest BCUT2D eigenvalue weighted by atomic mass is 9.88. The fraction of sp³-hybridized carbons (Fsp3) is 0.348. The summed E-state index contributed by atoms with van der Waals surface area (Å²) < 4.78 is 0. The third-order valence-corrected chi connectivity index (χ3v) is 7.78. The molecule has 1 amide bonds. The van der Waals surface area contributed by atoms with E-state index in [0.29, 0.717) is 18.0 Å². The lowest BCUT2D eigenvalue weighted by molar-refractivity contribution is 0.0715. The molecule has 0 radical (unpaired) electrons. The van der Waals surface area contributed by atoms with Crippen molar-refractivity contribution in [3.63, 3.8) is 0 Å². The number of H-pyrrole nitrogens is 1. The SMILES string of the molecule is C[Si](C)(O)c1ccc2[nH]cc(C(=O)N3CCC(c4cccc(CN)c4)CC3)c2c1. The van der Waals surface area contributed by atoms with Crippen LogP contribution in [0.4, 0.5) is 0 Å². The molecule has 6 heteroatoms. The van der Waals surface area contributed by atoms with Gasteiger partial charge < -0.3 is 20.4 Å². The predicted octanol–water partition coefficient (Wildman–Crippen LogP) is 3.05. The van der Waals surface area contributed by atoms with Crippen LogP contribution in [0.5, 0.6) is 0 Å². The van der Waals surface area contributed by atoms with Crippen molar-refractivity contribution in [3.05, 3.63) is 65.4 Å². The van der Waals surface area contributed by atoms with Gasteiger partial charge in [0.15, 0.2) is 0 Å². The van der Waals surface area contributed by atoms with Crippen molar-refractivity contribution in [2.45, 2.75) is 38.4 Å². The number of fused-ring (bicyclic) bond motifs is 1. The maximum atomic E-state index is 13.2. The summed E-state index contributed by atoms with van der Waals surface area (Å²) in [5.41, 5.74) is 9.89.